The summed E-state index contributed by atoms with van der Waals surface area (Å²) in [6, 6.07) is 8.12. The highest BCUT2D eigenvalue weighted by atomic mass is 79.9. The predicted molar refractivity (Wildman–Crippen MR) is 98.6 cm³/mol. The Kier molecular flexibility index (Phi) is 4.45. The van der Waals surface area contributed by atoms with Crippen LogP contribution in [0.25, 0.3) is 0 Å². The summed E-state index contributed by atoms with van der Waals surface area (Å²) in [6.45, 7) is 0. The Balaban J connectivity index is 0.00000169. The van der Waals surface area contributed by atoms with Crippen LogP contribution < -0.4 is 10.1 Å². The summed E-state index contributed by atoms with van der Waals surface area (Å²) >= 11 is 15.9. The van der Waals surface area contributed by atoms with Gasteiger partial charge in [0.15, 0.2) is 6.04 Å². The summed E-state index contributed by atoms with van der Waals surface area (Å²) in [7, 11) is 0. The van der Waals surface area contributed by atoms with Crippen LogP contribution in [0.15, 0.2) is 34.8 Å². The first-order chi connectivity index (χ1) is 11.0. The van der Waals surface area contributed by atoms with Gasteiger partial charge in [0.2, 0.25) is 0 Å². The van der Waals surface area contributed by atoms with Crippen molar-refractivity contribution in [3.63, 3.8) is 0 Å². The van der Waals surface area contributed by atoms with Crippen LogP contribution in [0.1, 0.15) is 24.5 Å². The summed E-state index contributed by atoms with van der Waals surface area (Å²) in [5.74, 6) is -0.562. The van der Waals surface area contributed by atoms with Gasteiger partial charge in [-0.1, -0.05) is 46.6 Å². The number of benzene rings is 2. The highest BCUT2D eigenvalue weighted by Crippen LogP contribution is 2.51. The molecule has 0 spiro atoms. The second-order valence-corrected chi connectivity index (χ2v) is 7.31. The summed E-state index contributed by atoms with van der Waals surface area (Å²) in [5, 5.41) is 13.5. The molecule has 0 saturated carbocycles. The summed E-state index contributed by atoms with van der Waals surface area (Å²) in [6.07, 6.45) is -0.567. The molecule has 3 unspecified atom stereocenters. The molecule has 2 aromatic carbocycles. The fourth-order valence-corrected chi connectivity index (χ4v) is 4.30. The lowest BCUT2D eigenvalue weighted by atomic mass is 9.81. The Labute approximate surface area is 157 Å². The maximum atomic E-state index is 11.7. The molecule has 2 N–H and O–H groups in total. The molecular weight excluding hydrogens is 417 g/mol. The number of carbonyl (C=O) groups is 1. The zero-order chi connectivity index (χ0) is 16.3. The predicted octanol–water partition coefficient (Wildman–Crippen LogP) is 5.16. The fourth-order valence-electron chi connectivity index (χ4n) is 3.31. The van der Waals surface area contributed by atoms with E-state index >= 15 is 0 Å². The summed E-state index contributed by atoms with van der Waals surface area (Å²) in [5.41, 5.74) is 2.37. The van der Waals surface area contributed by atoms with Gasteiger partial charge in [-0.25, -0.2) is 4.79 Å². The molecule has 0 aliphatic carbocycles. The Morgan fingerprint density at radius 3 is 2.71 bits per heavy atom. The molecule has 24 heavy (non-hydrogen) atoms. The number of carboxylic acid groups (broad SMARTS) is 1. The molecule has 2 aliphatic heterocycles. The molecule has 7 heteroatoms. The summed E-state index contributed by atoms with van der Waals surface area (Å²) in [4.78, 5) is 11.7. The first-order valence-electron chi connectivity index (χ1n) is 6.90. The average Bonchev–Trinajstić information content (AvgIpc) is 2.84. The van der Waals surface area contributed by atoms with Gasteiger partial charge in [-0.2, -0.15) is 0 Å². The van der Waals surface area contributed by atoms with E-state index in [0.717, 1.165) is 15.6 Å². The van der Waals surface area contributed by atoms with E-state index in [1.807, 2.05) is 18.2 Å². The molecule has 4 rings (SSSR count). The van der Waals surface area contributed by atoms with Crippen LogP contribution in [0.4, 0.5) is 5.69 Å². The molecule has 2 aliphatic rings. The lowest BCUT2D eigenvalue weighted by molar-refractivity contribution is -0.140. The Morgan fingerprint density at radius 1 is 1.25 bits per heavy atom. The zero-order valence-corrected chi connectivity index (χ0v) is 14.6. The van der Waals surface area contributed by atoms with E-state index in [2.05, 4.69) is 21.2 Å². The lowest BCUT2D eigenvalue weighted by Gasteiger charge is -2.34. The first kappa shape index (κ1) is 17.4. The van der Waals surface area contributed by atoms with Crippen molar-refractivity contribution >= 4 is 50.8 Å². The number of hydrogen-bond acceptors (Lipinski definition) is 3. The van der Waals surface area contributed by atoms with E-state index < -0.39 is 18.1 Å². The SMILES string of the molecule is C.O=C(O)C1Nc2cc(Cl)cc(Cl)c2C2c3cc(Br)ccc3OC12. The largest absolute Gasteiger partial charge is 0.486 e. The van der Waals surface area contributed by atoms with Crippen molar-refractivity contribution in [2.75, 3.05) is 5.32 Å². The number of fused-ring (bicyclic) bond motifs is 5. The van der Waals surface area contributed by atoms with E-state index in [9.17, 15) is 9.90 Å². The number of hydrogen-bond donors (Lipinski definition) is 2. The van der Waals surface area contributed by atoms with Gasteiger partial charge in [0.1, 0.15) is 11.9 Å². The normalized spacial score (nSPS) is 23.0. The topological polar surface area (TPSA) is 58.6 Å². The van der Waals surface area contributed by atoms with Crippen molar-refractivity contribution in [1.82, 2.24) is 0 Å². The maximum Gasteiger partial charge on any atom is 0.330 e. The van der Waals surface area contributed by atoms with Crippen molar-refractivity contribution in [3.05, 3.63) is 56.0 Å². The molecule has 0 amide bonds. The second-order valence-electron chi connectivity index (χ2n) is 5.55. The maximum absolute atomic E-state index is 11.7. The molecule has 2 aromatic rings. The highest BCUT2D eigenvalue weighted by molar-refractivity contribution is 9.10. The minimum atomic E-state index is -0.978. The third-order valence-electron chi connectivity index (χ3n) is 4.21. The quantitative estimate of drug-likeness (QED) is 0.655. The zero-order valence-electron chi connectivity index (χ0n) is 11.5. The molecule has 3 atom stereocenters. The minimum absolute atomic E-state index is 0. The van der Waals surface area contributed by atoms with Gasteiger partial charge >= 0.3 is 5.97 Å². The molecule has 2 heterocycles. The van der Waals surface area contributed by atoms with Crippen LogP contribution in [-0.2, 0) is 4.79 Å². The van der Waals surface area contributed by atoms with Crippen molar-refractivity contribution in [3.8, 4) is 5.75 Å². The molecule has 0 aromatic heterocycles. The molecule has 0 bridgehead atoms. The number of nitrogens with one attached hydrogen (secondary N) is 1. The molecule has 4 nitrogen and oxygen atoms in total. The van der Waals surface area contributed by atoms with Gasteiger partial charge in [-0.05, 0) is 30.3 Å². The van der Waals surface area contributed by atoms with Crippen LogP contribution in [0.2, 0.25) is 10.0 Å². The number of ether oxygens (including phenoxy) is 1. The Bertz CT molecular complexity index is 843. The number of aliphatic carboxylic acids is 1. The molecule has 0 radical (unpaired) electrons. The highest BCUT2D eigenvalue weighted by Gasteiger charge is 2.48. The van der Waals surface area contributed by atoms with Gasteiger partial charge in [-0.15, -0.1) is 0 Å². The van der Waals surface area contributed by atoms with Crippen LogP contribution in [0, 0.1) is 0 Å². The number of rotatable bonds is 1. The van der Waals surface area contributed by atoms with Crippen LogP contribution in [0.5, 0.6) is 5.75 Å². The van der Waals surface area contributed by atoms with Crippen LogP contribution >= 0.6 is 39.1 Å². The Morgan fingerprint density at radius 2 is 2.00 bits per heavy atom. The number of anilines is 1. The number of carboxylic acids is 1. The van der Waals surface area contributed by atoms with Gasteiger partial charge in [0.05, 0.1) is 5.92 Å². The van der Waals surface area contributed by atoms with Crippen molar-refractivity contribution in [1.29, 1.82) is 0 Å². The van der Waals surface area contributed by atoms with E-state index in [1.165, 1.54) is 0 Å². The Hall–Kier alpha value is -1.43. The van der Waals surface area contributed by atoms with Crippen LogP contribution in [-0.4, -0.2) is 23.2 Å². The van der Waals surface area contributed by atoms with Gasteiger partial charge in [0.25, 0.3) is 0 Å². The van der Waals surface area contributed by atoms with E-state index in [4.69, 9.17) is 27.9 Å². The van der Waals surface area contributed by atoms with E-state index in [0.29, 0.717) is 21.5 Å². The average molecular weight is 431 g/mol. The van der Waals surface area contributed by atoms with Gasteiger partial charge < -0.3 is 15.2 Å². The smallest absolute Gasteiger partial charge is 0.330 e. The van der Waals surface area contributed by atoms with E-state index in [1.54, 1.807) is 12.1 Å². The standard InChI is InChI=1S/C16H10BrCl2NO3.CH4/c17-6-1-2-11-8(3-6)12-13-9(19)4-7(18)5-10(13)20-14(16(21)22)15(12)23-11;/h1-5,12,14-15,20H,(H,21,22);1H4. The van der Waals surface area contributed by atoms with Crippen LogP contribution in [0.3, 0.4) is 0 Å². The second kappa shape index (κ2) is 6.14. The lowest BCUT2D eigenvalue weighted by Crippen LogP contribution is -2.48. The van der Waals surface area contributed by atoms with Crippen molar-refractivity contribution in [2.24, 2.45) is 0 Å². The van der Waals surface area contributed by atoms with Gasteiger partial charge in [0, 0.05) is 31.3 Å². The molecule has 126 valence electrons. The summed E-state index contributed by atoms with van der Waals surface area (Å²) < 4.78 is 6.83. The first-order valence-corrected chi connectivity index (χ1v) is 8.45. The number of halogens is 3. The third-order valence-corrected chi connectivity index (χ3v) is 5.23. The van der Waals surface area contributed by atoms with Gasteiger partial charge in [-0.3, -0.25) is 0 Å². The molecular formula is C17H14BrCl2NO3. The van der Waals surface area contributed by atoms with Crippen molar-refractivity contribution < 1.29 is 14.6 Å². The fraction of sp³-hybridized carbons (Fsp3) is 0.235. The van der Waals surface area contributed by atoms with E-state index in [-0.39, 0.29) is 13.3 Å². The third kappa shape index (κ3) is 2.55. The molecule has 0 fully saturated rings. The molecule has 0 saturated heterocycles. The minimum Gasteiger partial charge on any atom is -0.486 e. The van der Waals surface area contributed by atoms with Crippen molar-refractivity contribution in [2.45, 2.75) is 25.5 Å². The monoisotopic (exact) mass is 429 g/mol.